The monoisotopic (exact) mass is 282 g/mol. The van der Waals surface area contributed by atoms with Crippen molar-refractivity contribution in [1.29, 1.82) is 0 Å². The first kappa shape index (κ1) is 14.4. The molecule has 1 aromatic rings. The van der Waals surface area contributed by atoms with Crippen LogP contribution >= 0.6 is 0 Å². The van der Waals surface area contributed by atoms with Crippen LogP contribution in [-0.2, 0) is 9.59 Å². The fraction of sp³-hybridized carbons (Fsp3) is 0.667. The number of carboxylic acid groups (broad SMARTS) is 1. The van der Waals surface area contributed by atoms with E-state index in [0.717, 1.165) is 6.42 Å². The first-order valence-corrected chi connectivity index (χ1v) is 6.56. The van der Waals surface area contributed by atoms with Gasteiger partial charge in [-0.1, -0.05) is 12.0 Å². The van der Waals surface area contributed by atoms with E-state index in [1.807, 2.05) is 6.92 Å². The Bertz CT molecular complexity index is 515. The molecule has 8 nitrogen and oxygen atoms in total. The van der Waals surface area contributed by atoms with Crippen molar-refractivity contribution in [3.05, 3.63) is 5.89 Å². The first-order chi connectivity index (χ1) is 9.48. The highest BCUT2D eigenvalue weighted by Gasteiger charge is 2.46. The lowest BCUT2D eigenvalue weighted by Crippen LogP contribution is -2.52. The van der Waals surface area contributed by atoms with Gasteiger partial charge in [0.2, 0.25) is 11.8 Å². The largest absolute Gasteiger partial charge is 0.480 e. The Morgan fingerprint density at radius 3 is 2.80 bits per heavy atom. The number of anilines is 1. The molecule has 110 valence electrons. The molecule has 1 atom stereocenters. The second kappa shape index (κ2) is 5.58. The van der Waals surface area contributed by atoms with Gasteiger partial charge in [0.05, 0.1) is 6.54 Å². The summed E-state index contributed by atoms with van der Waals surface area (Å²) in [5.74, 6) is -0.872. The van der Waals surface area contributed by atoms with Crippen molar-refractivity contribution in [3.63, 3.8) is 0 Å². The molecule has 1 aliphatic heterocycles. The maximum Gasteiger partial charge on any atom is 0.324 e. The minimum atomic E-state index is -0.942. The van der Waals surface area contributed by atoms with Gasteiger partial charge in [-0.05, 0) is 25.8 Å². The summed E-state index contributed by atoms with van der Waals surface area (Å²) in [6, 6.07) is 0.0316. The normalized spacial score (nSPS) is 22.9. The van der Waals surface area contributed by atoms with Crippen molar-refractivity contribution in [1.82, 2.24) is 15.1 Å². The van der Waals surface area contributed by atoms with Gasteiger partial charge in [0.1, 0.15) is 5.54 Å². The number of carbonyl (C=O) groups excluding carboxylic acids is 1. The molecule has 0 radical (unpaired) electrons. The Kier molecular flexibility index (Phi) is 4.03. The van der Waals surface area contributed by atoms with Gasteiger partial charge in [-0.15, -0.1) is 5.10 Å². The van der Waals surface area contributed by atoms with Gasteiger partial charge in [0.15, 0.2) is 0 Å². The van der Waals surface area contributed by atoms with Crippen LogP contribution < -0.4 is 5.32 Å². The molecule has 0 bridgehead atoms. The van der Waals surface area contributed by atoms with Crippen LogP contribution in [0.4, 0.5) is 6.01 Å². The fourth-order valence-corrected chi connectivity index (χ4v) is 2.64. The molecule has 1 amide bonds. The van der Waals surface area contributed by atoms with Crippen molar-refractivity contribution in [2.24, 2.45) is 0 Å². The van der Waals surface area contributed by atoms with Crippen LogP contribution in [0.25, 0.3) is 0 Å². The van der Waals surface area contributed by atoms with Crippen LogP contribution in [0.1, 0.15) is 32.1 Å². The van der Waals surface area contributed by atoms with Gasteiger partial charge in [0, 0.05) is 6.92 Å². The van der Waals surface area contributed by atoms with Crippen molar-refractivity contribution in [2.75, 3.05) is 18.4 Å². The molecular weight excluding hydrogens is 264 g/mol. The summed E-state index contributed by atoms with van der Waals surface area (Å²) >= 11 is 0. The number of aryl methyl sites for hydroxylation is 1. The van der Waals surface area contributed by atoms with Crippen LogP contribution in [0.5, 0.6) is 0 Å². The number of aromatic nitrogens is 2. The van der Waals surface area contributed by atoms with E-state index in [1.54, 1.807) is 11.8 Å². The third-order valence-corrected chi connectivity index (χ3v) is 3.71. The highest BCUT2D eigenvalue weighted by atomic mass is 16.4. The lowest BCUT2D eigenvalue weighted by molar-refractivity contribution is -0.150. The number of hydrogen-bond donors (Lipinski definition) is 2. The number of nitrogens with one attached hydrogen (secondary N) is 1. The van der Waals surface area contributed by atoms with Gasteiger partial charge in [-0.2, -0.15) is 0 Å². The summed E-state index contributed by atoms with van der Waals surface area (Å²) in [5.41, 5.74) is -0.942. The van der Waals surface area contributed by atoms with Gasteiger partial charge in [-0.25, -0.2) is 0 Å². The van der Waals surface area contributed by atoms with E-state index in [-0.39, 0.29) is 18.5 Å². The Morgan fingerprint density at radius 2 is 2.25 bits per heavy atom. The van der Waals surface area contributed by atoms with Gasteiger partial charge < -0.3 is 9.52 Å². The fourth-order valence-electron chi connectivity index (χ4n) is 2.64. The molecule has 1 fully saturated rings. The maximum absolute atomic E-state index is 11.9. The average molecular weight is 282 g/mol. The lowest BCUT2D eigenvalue weighted by atomic mass is 9.93. The molecule has 2 N–H and O–H groups in total. The predicted molar refractivity (Wildman–Crippen MR) is 69.1 cm³/mol. The van der Waals surface area contributed by atoms with Crippen LogP contribution in [-0.4, -0.2) is 50.7 Å². The number of carbonyl (C=O) groups is 2. The summed E-state index contributed by atoms with van der Waals surface area (Å²) in [7, 11) is 0. The molecule has 0 aromatic carbocycles. The smallest absolute Gasteiger partial charge is 0.324 e. The minimum absolute atomic E-state index is 0.00156. The van der Waals surface area contributed by atoms with Crippen LogP contribution in [0, 0.1) is 6.92 Å². The second-order valence-corrected chi connectivity index (χ2v) is 4.89. The number of hydrogen-bond acceptors (Lipinski definition) is 6. The molecule has 1 saturated heterocycles. The van der Waals surface area contributed by atoms with E-state index in [9.17, 15) is 14.7 Å². The summed E-state index contributed by atoms with van der Waals surface area (Å²) in [4.78, 5) is 25.1. The van der Waals surface area contributed by atoms with Crippen molar-refractivity contribution >= 4 is 17.9 Å². The molecule has 0 saturated carbocycles. The van der Waals surface area contributed by atoms with Gasteiger partial charge in [0.25, 0.3) is 0 Å². The van der Waals surface area contributed by atoms with Gasteiger partial charge >= 0.3 is 12.0 Å². The number of carboxylic acids is 1. The highest BCUT2D eigenvalue weighted by Crippen LogP contribution is 2.32. The molecule has 2 heterocycles. The second-order valence-electron chi connectivity index (χ2n) is 4.89. The number of likely N-dealkylation sites (tertiary alicyclic amines) is 1. The summed E-state index contributed by atoms with van der Waals surface area (Å²) in [5, 5.41) is 19.2. The number of rotatable bonds is 5. The third-order valence-electron chi connectivity index (χ3n) is 3.71. The molecule has 0 spiro atoms. The quantitative estimate of drug-likeness (QED) is 0.815. The average Bonchev–Trinajstić information content (AvgIpc) is 2.96. The zero-order valence-corrected chi connectivity index (χ0v) is 11.5. The molecule has 1 aliphatic rings. The zero-order chi connectivity index (χ0) is 14.8. The predicted octanol–water partition coefficient (Wildman–Crippen LogP) is 0.646. The SMILES string of the molecule is CCC1(C(=O)O)CCCN1CC(=O)Nc1nnc(C)o1. The van der Waals surface area contributed by atoms with Crippen molar-refractivity contribution in [3.8, 4) is 0 Å². The standard InChI is InChI=1S/C12H18N4O4/c1-3-12(10(18)19)5-4-6-16(12)7-9(17)13-11-15-14-8(2)20-11/h3-7H2,1-2H3,(H,18,19)(H,13,15,17). The van der Waals surface area contributed by atoms with Crippen LogP contribution in [0.15, 0.2) is 4.42 Å². The van der Waals surface area contributed by atoms with E-state index < -0.39 is 11.5 Å². The Balaban J connectivity index is 2.01. The van der Waals surface area contributed by atoms with E-state index in [4.69, 9.17) is 4.42 Å². The zero-order valence-electron chi connectivity index (χ0n) is 11.5. The van der Waals surface area contributed by atoms with Crippen molar-refractivity contribution in [2.45, 2.75) is 38.6 Å². The first-order valence-electron chi connectivity index (χ1n) is 6.56. The summed E-state index contributed by atoms with van der Waals surface area (Å²) < 4.78 is 5.06. The van der Waals surface area contributed by atoms with E-state index in [0.29, 0.717) is 25.3 Å². The highest BCUT2D eigenvalue weighted by molar-refractivity contribution is 5.91. The van der Waals surface area contributed by atoms with Crippen LogP contribution in [0.2, 0.25) is 0 Å². The van der Waals surface area contributed by atoms with E-state index in [1.165, 1.54) is 0 Å². The van der Waals surface area contributed by atoms with Gasteiger partial charge in [-0.3, -0.25) is 19.8 Å². The molecule has 0 aliphatic carbocycles. The molecular formula is C12H18N4O4. The molecule has 20 heavy (non-hydrogen) atoms. The number of nitrogens with zero attached hydrogens (tertiary/aromatic N) is 3. The van der Waals surface area contributed by atoms with E-state index >= 15 is 0 Å². The summed E-state index contributed by atoms with van der Waals surface area (Å²) in [6.07, 6.45) is 1.80. The third kappa shape index (κ3) is 2.64. The Morgan fingerprint density at radius 1 is 1.50 bits per heavy atom. The summed E-state index contributed by atoms with van der Waals surface area (Å²) in [6.45, 7) is 4.04. The minimum Gasteiger partial charge on any atom is -0.480 e. The molecule has 1 aromatic heterocycles. The van der Waals surface area contributed by atoms with E-state index in [2.05, 4.69) is 15.5 Å². The van der Waals surface area contributed by atoms with Crippen LogP contribution in [0.3, 0.4) is 0 Å². The maximum atomic E-state index is 11.9. The lowest BCUT2D eigenvalue weighted by Gasteiger charge is -2.33. The Labute approximate surface area is 116 Å². The topological polar surface area (TPSA) is 109 Å². The van der Waals surface area contributed by atoms with Crippen molar-refractivity contribution < 1.29 is 19.1 Å². The molecule has 1 unspecified atom stereocenters. The number of amides is 1. The number of aliphatic carboxylic acids is 1. The Hall–Kier alpha value is -1.96. The molecule has 2 rings (SSSR count). The molecule has 8 heteroatoms.